The molecule has 0 amide bonds. The summed E-state index contributed by atoms with van der Waals surface area (Å²) in [5.41, 5.74) is 17.6. The molecule has 0 radical (unpaired) electrons. The fourth-order valence-electron chi connectivity index (χ4n) is 10.3. The van der Waals surface area contributed by atoms with Crippen molar-refractivity contribution in [2.75, 3.05) is 4.90 Å². The molecule has 0 bridgehead atoms. The van der Waals surface area contributed by atoms with E-state index < -0.39 is 0 Å². The first-order valence-electron chi connectivity index (χ1n) is 22.9. The van der Waals surface area contributed by atoms with Gasteiger partial charge in [-0.1, -0.05) is 103 Å². The largest absolute Gasteiger partial charge is 0.456 e. The second kappa shape index (κ2) is 14.9. The van der Waals surface area contributed by atoms with Gasteiger partial charge in [-0.2, -0.15) is 4.80 Å². The van der Waals surface area contributed by atoms with Gasteiger partial charge in [-0.15, -0.1) is 10.2 Å². The summed E-state index contributed by atoms with van der Waals surface area (Å²) in [5.74, 6) is 0. The van der Waals surface area contributed by atoms with E-state index in [1.807, 2.05) is 36.4 Å². The second-order valence-electron chi connectivity index (χ2n) is 17.6. The first kappa shape index (κ1) is 38.1. The summed E-state index contributed by atoms with van der Waals surface area (Å²) in [7, 11) is 0. The van der Waals surface area contributed by atoms with Gasteiger partial charge in [0.05, 0.1) is 16.7 Å². The summed E-state index contributed by atoms with van der Waals surface area (Å²) in [6, 6.07) is 76.9. The van der Waals surface area contributed by atoms with Crippen LogP contribution in [-0.4, -0.2) is 19.6 Å². The van der Waals surface area contributed by atoms with Crippen molar-refractivity contribution in [3.8, 4) is 33.6 Å². The van der Waals surface area contributed by atoms with Crippen LogP contribution >= 0.6 is 0 Å². The zero-order valence-electron chi connectivity index (χ0n) is 36.8. The van der Waals surface area contributed by atoms with E-state index in [1.54, 1.807) is 4.80 Å². The summed E-state index contributed by atoms with van der Waals surface area (Å²) >= 11 is 0. The van der Waals surface area contributed by atoms with Crippen LogP contribution in [0.15, 0.2) is 227 Å². The van der Waals surface area contributed by atoms with Gasteiger partial charge >= 0.3 is 0 Å². The predicted molar refractivity (Wildman–Crippen MR) is 278 cm³/mol. The van der Waals surface area contributed by atoms with E-state index in [4.69, 9.17) is 19.0 Å². The normalized spacial score (nSPS) is 11.9. The smallest absolute Gasteiger partial charge is 0.143 e. The van der Waals surface area contributed by atoms with Crippen LogP contribution in [0.1, 0.15) is 5.56 Å². The number of para-hydroxylation sites is 4. The van der Waals surface area contributed by atoms with Crippen LogP contribution in [0.2, 0.25) is 0 Å². The molecular formula is C61H39N5O2. The molecule has 14 aromatic rings. The Morgan fingerprint density at radius 2 is 0.985 bits per heavy atom. The molecule has 0 fully saturated rings. The number of rotatable bonds is 7. The van der Waals surface area contributed by atoms with Crippen LogP contribution in [-0.2, 0) is 0 Å². The molecule has 7 heteroatoms. The van der Waals surface area contributed by atoms with E-state index in [-0.39, 0.29) is 0 Å². The Labute approximate surface area is 389 Å². The molecule has 0 atom stereocenters. The third-order valence-electron chi connectivity index (χ3n) is 13.4. The minimum atomic E-state index is 0.825. The summed E-state index contributed by atoms with van der Waals surface area (Å²) in [6.45, 7) is 2.17. The summed E-state index contributed by atoms with van der Waals surface area (Å²) in [6.07, 6.45) is 0. The van der Waals surface area contributed by atoms with Gasteiger partial charge in [0.2, 0.25) is 0 Å². The second-order valence-corrected chi connectivity index (χ2v) is 17.6. The Morgan fingerprint density at radius 1 is 0.382 bits per heavy atom. The molecule has 0 aliphatic carbocycles. The van der Waals surface area contributed by atoms with Gasteiger partial charge in [-0.25, -0.2) is 0 Å². The zero-order valence-corrected chi connectivity index (χ0v) is 36.8. The molecule has 4 aromatic heterocycles. The monoisotopic (exact) mass is 873 g/mol. The lowest BCUT2D eigenvalue weighted by molar-refractivity contribution is 0.668. The Morgan fingerprint density at radius 3 is 1.79 bits per heavy atom. The van der Waals surface area contributed by atoms with Crippen LogP contribution in [0.3, 0.4) is 0 Å². The molecule has 7 nitrogen and oxygen atoms in total. The van der Waals surface area contributed by atoms with Crippen LogP contribution in [0.25, 0.3) is 110 Å². The summed E-state index contributed by atoms with van der Waals surface area (Å²) in [4.78, 5) is 4.05. The molecule has 320 valence electrons. The molecule has 68 heavy (non-hydrogen) atoms. The zero-order chi connectivity index (χ0) is 44.9. The van der Waals surface area contributed by atoms with E-state index >= 15 is 0 Å². The number of benzene rings is 10. The standard InChI is InChI=1S/C61H39N5O2/c1-38-31-48(40-28-30-59-51(34-40)47-22-9-13-26-58(47)67-59)60-52(32-38)53-37-45(64(41-15-4-2-5-16-41)43-19-14-20-44(35-43)66-62-54-23-10-11-24-55(54)63-66)36-49(61(53)68-60)39-27-29-57-50(33-39)46-21-8-12-25-56(46)65(57)42-17-6-3-7-18-42/h2-37H,1H3. The van der Waals surface area contributed by atoms with Crippen molar-refractivity contribution in [3.05, 3.63) is 224 Å². The van der Waals surface area contributed by atoms with Gasteiger partial charge in [0.25, 0.3) is 0 Å². The third-order valence-corrected chi connectivity index (χ3v) is 13.4. The van der Waals surface area contributed by atoms with Crippen LogP contribution in [0.5, 0.6) is 0 Å². The van der Waals surface area contributed by atoms with E-state index in [2.05, 4.69) is 198 Å². The van der Waals surface area contributed by atoms with Gasteiger partial charge in [-0.3, -0.25) is 0 Å². The van der Waals surface area contributed by atoms with Gasteiger partial charge in [-0.05, 0) is 139 Å². The Kier molecular flexibility index (Phi) is 8.36. The maximum atomic E-state index is 7.32. The number of fused-ring (bicyclic) bond motifs is 10. The Balaban J connectivity index is 1.04. The number of furan rings is 2. The Bertz CT molecular complexity index is 4260. The number of anilines is 3. The van der Waals surface area contributed by atoms with E-state index in [9.17, 15) is 0 Å². The van der Waals surface area contributed by atoms with Crippen molar-refractivity contribution in [2.45, 2.75) is 6.92 Å². The molecule has 0 saturated heterocycles. The van der Waals surface area contributed by atoms with E-state index in [0.717, 1.165) is 122 Å². The maximum Gasteiger partial charge on any atom is 0.143 e. The number of nitrogens with zero attached hydrogens (tertiary/aromatic N) is 5. The highest BCUT2D eigenvalue weighted by Gasteiger charge is 2.24. The van der Waals surface area contributed by atoms with Crippen molar-refractivity contribution in [1.82, 2.24) is 19.6 Å². The fraction of sp³-hybridized carbons (Fsp3) is 0.0164. The molecular weight excluding hydrogens is 835 g/mol. The average Bonchev–Trinajstić information content (AvgIpc) is 4.17. The first-order chi connectivity index (χ1) is 33.6. The Hall–Kier alpha value is -9.20. The topological polar surface area (TPSA) is 65.2 Å². The highest BCUT2D eigenvalue weighted by Crippen LogP contribution is 2.47. The van der Waals surface area contributed by atoms with Gasteiger partial charge in [0.15, 0.2) is 0 Å². The van der Waals surface area contributed by atoms with Crippen LogP contribution in [0, 0.1) is 6.92 Å². The lowest BCUT2D eigenvalue weighted by atomic mass is 9.96. The quantitative estimate of drug-likeness (QED) is 0.160. The summed E-state index contributed by atoms with van der Waals surface area (Å²) in [5, 5.41) is 16.3. The molecule has 4 heterocycles. The van der Waals surface area contributed by atoms with E-state index in [0.29, 0.717) is 0 Å². The highest BCUT2D eigenvalue weighted by atomic mass is 16.3. The molecule has 0 saturated carbocycles. The molecule has 0 aliphatic rings. The van der Waals surface area contributed by atoms with Crippen molar-refractivity contribution < 1.29 is 8.83 Å². The van der Waals surface area contributed by atoms with Crippen molar-refractivity contribution in [1.29, 1.82) is 0 Å². The van der Waals surface area contributed by atoms with Crippen molar-refractivity contribution in [2.24, 2.45) is 0 Å². The first-order valence-corrected chi connectivity index (χ1v) is 22.9. The van der Waals surface area contributed by atoms with E-state index in [1.165, 1.54) is 10.8 Å². The number of aryl methyl sites for hydroxylation is 1. The molecule has 14 rings (SSSR count). The number of hydrogen-bond acceptors (Lipinski definition) is 5. The molecule has 10 aromatic carbocycles. The average molecular weight is 874 g/mol. The van der Waals surface area contributed by atoms with Gasteiger partial charge < -0.3 is 18.3 Å². The lowest BCUT2D eigenvalue weighted by Crippen LogP contribution is -2.11. The van der Waals surface area contributed by atoms with Gasteiger partial charge in [0.1, 0.15) is 33.4 Å². The maximum absolute atomic E-state index is 7.32. The van der Waals surface area contributed by atoms with Gasteiger partial charge in [0, 0.05) is 66.2 Å². The minimum Gasteiger partial charge on any atom is -0.456 e. The highest BCUT2D eigenvalue weighted by molar-refractivity contribution is 6.17. The minimum absolute atomic E-state index is 0.825. The number of aromatic nitrogens is 4. The molecule has 0 spiro atoms. The van der Waals surface area contributed by atoms with Crippen molar-refractivity contribution >= 4 is 93.8 Å². The molecule has 0 unspecified atom stereocenters. The molecule has 0 N–H and O–H groups in total. The SMILES string of the molecule is Cc1cc(-c2ccc3oc4ccccc4c3c2)c2oc3c(-c4ccc5c(c4)c4ccccc4n5-c4ccccc4)cc(N(c4ccccc4)c4cccc(-n5nc6ccccc6n5)c4)cc3c2c1. The van der Waals surface area contributed by atoms with Crippen molar-refractivity contribution in [3.63, 3.8) is 0 Å². The predicted octanol–water partition coefficient (Wildman–Crippen LogP) is 16.4. The third kappa shape index (κ3) is 5.99. The van der Waals surface area contributed by atoms with Crippen LogP contribution < -0.4 is 4.90 Å². The summed E-state index contributed by atoms with van der Waals surface area (Å²) < 4.78 is 15.9. The lowest BCUT2D eigenvalue weighted by Gasteiger charge is -2.26. The molecule has 0 aliphatic heterocycles. The van der Waals surface area contributed by atoms with Crippen LogP contribution in [0.4, 0.5) is 17.1 Å². The number of hydrogen-bond donors (Lipinski definition) is 0. The fourth-order valence-corrected chi connectivity index (χ4v) is 10.3.